The van der Waals surface area contributed by atoms with Gasteiger partial charge in [-0.3, -0.25) is 4.79 Å². The van der Waals surface area contributed by atoms with Crippen LogP contribution in [0.15, 0.2) is 12.2 Å². The predicted molar refractivity (Wildman–Crippen MR) is 98.1 cm³/mol. The molecule has 0 spiro atoms. The average Bonchev–Trinajstić information content (AvgIpc) is 2.52. The van der Waals surface area contributed by atoms with E-state index >= 15 is 0 Å². The highest BCUT2D eigenvalue weighted by molar-refractivity contribution is 5.75. The molecule has 0 radical (unpaired) electrons. The minimum atomic E-state index is -0.701. The summed E-state index contributed by atoms with van der Waals surface area (Å²) in [5.74, 6) is -0.437. The zero-order valence-corrected chi connectivity index (χ0v) is 15.3. The van der Waals surface area contributed by atoms with E-state index in [0.717, 1.165) is 77.0 Å². The molecular weight excluding hydrogens is 304 g/mol. The van der Waals surface area contributed by atoms with Crippen LogP contribution in [-0.2, 0) is 9.59 Å². The van der Waals surface area contributed by atoms with Crippen LogP contribution in [0.1, 0.15) is 96.8 Å². The molecule has 0 aliphatic rings. The third kappa shape index (κ3) is 18.9. The van der Waals surface area contributed by atoms with Crippen molar-refractivity contribution in [2.45, 2.75) is 103 Å². The van der Waals surface area contributed by atoms with Gasteiger partial charge in [-0.2, -0.15) is 0 Å². The van der Waals surface area contributed by atoms with Crippen molar-refractivity contribution >= 4 is 11.8 Å². The number of carbonyl (C=O) groups is 2. The van der Waals surface area contributed by atoms with Crippen molar-refractivity contribution in [2.24, 2.45) is 0 Å². The van der Waals surface area contributed by atoms with Crippen LogP contribution in [0.5, 0.6) is 0 Å². The molecule has 0 aromatic carbocycles. The van der Waals surface area contributed by atoms with Crippen molar-refractivity contribution in [3.05, 3.63) is 12.2 Å². The number of aliphatic carboxylic acids is 1. The third-order valence-electron chi connectivity index (χ3n) is 4.15. The minimum absolute atomic E-state index is 0.245. The van der Waals surface area contributed by atoms with Crippen LogP contribution >= 0.6 is 0 Å². The number of hydrogen-bond donors (Lipinski definition) is 2. The summed E-state index contributed by atoms with van der Waals surface area (Å²) in [5, 5.41) is 18.4. The lowest BCUT2D eigenvalue weighted by atomic mass is 10.0. The van der Waals surface area contributed by atoms with Crippen molar-refractivity contribution in [1.29, 1.82) is 0 Å². The van der Waals surface area contributed by atoms with Gasteiger partial charge in [0.2, 0.25) is 0 Å². The monoisotopic (exact) mass is 340 g/mol. The van der Waals surface area contributed by atoms with Gasteiger partial charge in [-0.25, -0.2) is 0 Å². The van der Waals surface area contributed by atoms with E-state index in [1.54, 1.807) is 6.92 Å². The number of rotatable bonds is 17. The molecule has 0 saturated heterocycles. The second kappa shape index (κ2) is 16.7. The highest BCUT2D eigenvalue weighted by Crippen LogP contribution is 2.11. The first-order valence-corrected chi connectivity index (χ1v) is 9.56. The molecule has 0 fully saturated rings. The molecule has 2 N–H and O–H groups in total. The van der Waals surface area contributed by atoms with E-state index in [1.807, 2.05) is 0 Å². The quantitative estimate of drug-likeness (QED) is 0.287. The number of unbranched alkanes of at least 4 members (excludes halogenated alkanes) is 8. The smallest absolute Gasteiger partial charge is 0.303 e. The van der Waals surface area contributed by atoms with Gasteiger partial charge in [0.15, 0.2) is 0 Å². The summed E-state index contributed by atoms with van der Waals surface area (Å²) >= 11 is 0. The summed E-state index contributed by atoms with van der Waals surface area (Å²) in [7, 11) is 0. The fourth-order valence-electron chi connectivity index (χ4n) is 2.67. The number of hydrogen-bond acceptors (Lipinski definition) is 3. The van der Waals surface area contributed by atoms with Crippen LogP contribution in [0.2, 0.25) is 0 Å². The number of carboxylic acid groups (broad SMARTS) is 1. The summed E-state index contributed by atoms with van der Waals surface area (Å²) in [6.45, 7) is 1.63. The number of Topliss-reactive ketones (excluding diaryl/α,β-unsaturated/α-hetero) is 1. The van der Waals surface area contributed by atoms with Gasteiger partial charge in [-0.05, 0) is 45.4 Å². The van der Waals surface area contributed by atoms with Crippen molar-refractivity contribution < 1.29 is 19.8 Å². The van der Waals surface area contributed by atoms with Crippen molar-refractivity contribution in [2.75, 3.05) is 0 Å². The zero-order chi connectivity index (χ0) is 18.0. The van der Waals surface area contributed by atoms with Gasteiger partial charge < -0.3 is 15.0 Å². The van der Waals surface area contributed by atoms with Crippen LogP contribution in [0, 0.1) is 0 Å². The molecule has 0 bridgehead atoms. The fourth-order valence-corrected chi connectivity index (χ4v) is 2.67. The third-order valence-corrected chi connectivity index (χ3v) is 4.15. The molecule has 0 aromatic rings. The van der Waals surface area contributed by atoms with E-state index in [9.17, 15) is 14.7 Å². The number of aliphatic hydroxyl groups is 1. The van der Waals surface area contributed by atoms with Crippen molar-refractivity contribution in [3.8, 4) is 0 Å². The second-order valence-electron chi connectivity index (χ2n) is 6.72. The van der Waals surface area contributed by atoms with Crippen LogP contribution < -0.4 is 0 Å². The van der Waals surface area contributed by atoms with Gasteiger partial charge in [-0.1, -0.05) is 50.7 Å². The molecule has 0 rings (SSSR count). The largest absolute Gasteiger partial charge is 0.481 e. The second-order valence-corrected chi connectivity index (χ2v) is 6.72. The fraction of sp³-hybridized carbons (Fsp3) is 0.800. The Balaban J connectivity index is 3.31. The summed E-state index contributed by atoms with van der Waals surface area (Å²) in [5.41, 5.74) is 0. The standard InChI is InChI=1S/C20H36O4/c1-18(21)14-10-8-9-12-16-19(22)15-11-6-4-2-3-5-7-13-17-20(23)24/h6,11,19,22H,2-5,7-10,12-17H2,1H3,(H,23,24)/b11-6-/t19-/m0/s1. The number of carbonyl (C=O) groups excluding carboxylic acids is 1. The highest BCUT2D eigenvalue weighted by atomic mass is 16.4. The molecule has 1 atom stereocenters. The Morgan fingerprint density at radius 1 is 0.833 bits per heavy atom. The molecule has 24 heavy (non-hydrogen) atoms. The SMILES string of the molecule is CC(=O)CCCCCC[C@@H](O)C/C=C\CCCCCCCC(=O)O. The Bertz CT molecular complexity index is 350. The van der Waals surface area contributed by atoms with Gasteiger partial charge >= 0.3 is 5.97 Å². The van der Waals surface area contributed by atoms with Gasteiger partial charge in [0.1, 0.15) is 5.78 Å². The molecule has 0 aliphatic heterocycles. The first-order chi connectivity index (χ1) is 11.5. The Morgan fingerprint density at radius 3 is 2.08 bits per heavy atom. The average molecular weight is 341 g/mol. The molecule has 0 amide bonds. The summed E-state index contributed by atoms with van der Waals surface area (Å²) in [4.78, 5) is 21.2. The highest BCUT2D eigenvalue weighted by Gasteiger charge is 2.01. The van der Waals surface area contributed by atoms with Crippen molar-refractivity contribution in [3.63, 3.8) is 0 Å². The van der Waals surface area contributed by atoms with Gasteiger partial charge in [-0.15, -0.1) is 0 Å². The Labute approximate surface area is 147 Å². The minimum Gasteiger partial charge on any atom is -0.481 e. The molecule has 0 aliphatic carbocycles. The molecule has 0 saturated carbocycles. The topological polar surface area (TPSA) is 74.6 Å². The summed E-state index contributed by atoms with van der Waals surface area (Å²) < 4.78 is 0. The molecule has 140 valence electrons. The lowest BCUT2D eigenvalue weighted by molar-refractivity contribution is -0.137. The van der Waals surface area contributed by atoms with Crippen LogP contribution in [-0.4, -0.2) is 28.1 Å². The van der Waals surface area contributed by atoms with Gasteiger partial charge in [0, 0.05) is 12.8 Å². The molecule has 0 aromatic heterocycles. The number of aliphatic hydroxyl groups excluding tert-OH is 1. The van der Waals surface area contributed by atoms with E-state index in [2.05, 4.69) is 12.2 Å². The van der Waals surface area contributed by atoms with Crippen LogP contribution in [0.25, 0.3) is 0 Å². The lowest BCUT2D eigenvalue weighted by Crippen LogP contribution is -2.04. The summed E-state index contributed by atoms with van der Waals surface area (Å²) in [6, 6.07) is 0. The van der Waals surface area contributed by atoms with Crippen LogP contribution in [0.4, 0.5) is 0 Å². The van der Waals surface area contributed by atoms with E-state index in [1.165, 1.54) is 0 Å². The first kappa shape index (κ1) is 22.8. The Kier molecular flexibility index (Phi) is 15.9. The van der Waals surface area contributed by atoms with Crippen molar-refractivity contribution in [1.82, 2.24) is 0 Å². The normalized spacial score (nSPS) is 12.6. The van der Waals surface area contributed by atoms with E-state index in [0.29, 0.717) is 6.42 Å². The molecule has 0 heterocycles. The molecular formula is C20H36O4. The lowest BCUT2D eigenvalue weighted by Gasteiger charge is -2.07. The van der Waals surface area contributed by atoms with E-state index < -0.39 is 5.97 Å². The van der Waals surface area contributed by atoms with Gasteiger partial charge in [0.25, 0.3) is 0 Å². The molecule has 4 nitrogen and oxygen atoms in total. The maximum Gasteiger partial charge on any atom is 0.303 e. The van der Waals surface area contributed by atoms with E-state index in [4.69, 9.17) is 5.11 Å². The molecule has 4 heteroatoms. The summed E-state index contributed by atoms with van der Waals surface area (Å²) in [6.07, 6.45) is 16.9. The molecule has 0 unspecified atom stereocenters. The number of carboxylic acids is 1. The maximum atomic E-state index is 10.8. The van der Waals surface area contributed by atoms with E-state index in [-0.39, 0.29) is 18.3 Å². The van der Waals surface area contributed by atoms with Crippen LogP contribution in [0.3, 0.4) is 0 Å². The van der Waals surface area contributed by atoms with Gasteiger partial charge in [0.05, 0.1) is 6.10 Å². The zero-order valence-electron chi connectivity index (χ0n) is 15.3. The number of ketones is 1. The Hall–Kier alpha value is -1.16. The maximum absolute atomic E-state index is 10.8. The Morgan fingerprint density at radius 2 is 1.42 bits per heavy atom. The number of allylic oxidation sites excluding steroid dienone is 1. The first-order valence-electron chi connectivity index (χ1n) is 9.56. The predicted octanol–water partition coefficient (Wildman–Crippen LogP) is 5.04.